The van der Waals surface area contributed by atoms with Gasteiger partial charge in [0, 0.05) is 6.42 Å². The maximum absolute atomic E-state index is 5.59. The van der Waals surface area contributed by atoms with Crippen molar-refractivity contribution in [3.63, 3.8) is 0 Å². The molecular formula is C9H10N4S2. The lowest BCUT2D eigenvalue weighted by atomic mass is 10.2. The maximum atomic E-state index is 5.59. The van der Waals surface area contributed by atoms with Crippen LogP contribution in [0.3, 0.4) is 0 Å². The molecular weight excluding hydrogens is 228 g/mol. The molecule has 0 radical (unpaired) electrons. The summed E-state index contributed by atoms with van der Waals surface area (Å²) in [5.74, 6) is 1.02. The van der Waals surface area contributed by atoms with Crippen molar-refractivity contribution in [2.45, 2.75) is 11.6 Å². The van der Waals surface area contributed by atoms with Gasteiger partial charge in [0.25, 0.3) is 0 Å². The van der Waals surface area contributed by atoms with Gasteiger partial charge in [0.1, 0.15) is 5.82 Å². The van der Waals surface area contributed by atoms with E-state index in [4.69, 9.17) is 5.73 Å². The molecule has 0 fully saturated rings. The molecule has 2 aromatic heterocycles. The van der Waals surface area contributed by atoms with Crippen LogP contribution in [0.15, 0.2) is 22.0 Å². The first-order valence-electron chi connectivity index (χ1n) is 4.33. The zero-order valence-electron chi connectivity index (χ0n) is 8.17. The van der Waals surface area contributed by atoms with Gasteiger partial charge in [0.2, 0.25) is 5.95 Å². The Morgan fingerprint density at radius 2 is 2.27 bits per heavy atom. The third kappa shape index (κ3) is 2.66. The minimum atomic E-state index is 0.291. The number of hydrogen-bond donors (Lipinski definition) is 1. The molecule has 0 saturated heterocycles. The SMILES string of the molecule is CSc1nc(N)nc(Cc2ccsc2)n1. The molecule has 0 aromatic carbocycles. The molecule has 2 aromatic rings. The van der Waals surface area contributed by atoms with Crippen LogP contribution in [0.2, 0.25) is 0 Å². The smallest absolute Gasteiger partial charge is 0.224 e. The van der Waals surface area contributed by atoms with Gasteiger partial charge in [0.15, 0.2) is 5.16 Å². The van der Waals surface area contributed by atoms with Crippen molar-refractivity contribution in [3.8, 4) is 0 Å². The summed E-state index contributed by atoms with van der Waals surface area (Å²) in [4.78, 5) is 12.4. The lowest BCUT2D eigenvalue weighted by Gasteiger charge is -2.01. The number of nitrogens with two attached hydrogens (primary N) is 1. The standard InChI is InChI=1S/C9H10N4S2/c1-14-9-12-7(11-8(10)13-9)4-6-2-3-15-5-6/h2-3,5H,4H2,1H3,(H2,10,11,12,13). The van der Waals surface area contributed by atoms with Crippen molar-refractivity contribution in [3.05, 3.63) is 28.2 Å². The number of rotatable bonds is 3. The first-order valence-corrected chi connectivity index (χ1v) is 6.50. The van der Waals surface area contributed by atoms with Crippen molar-refractivity contribution in [2.24, 2.45) is 0 Å². The molecule has 0 aliphatic heterocycles. The molecule has 0 spiro atoms. The van der Waals surface area contributed by atoms with E-state index in [1.54, 1.807) is 11.3 Å². The minimum Gasteiger partial charge on any atom is -0.368 e. The number of thioether (sulfide) groups is 1. The lowest BCUT2D eigenvalue weighted by molar-refractivity contribution is 0.841. The molecule has 0 atom stereocenters. The Bertz CT molecular complexity index is 441. The number of nitrogen functional groups attached to an aromatic ring is 1. The highest BCUT2D eigenvalue weighted by atomic mass is 32.2. The van der Waals surface area contributed by atoms with E-state index < -0.39 is 0 Å². The van der Waals surface area contributed by atoms with Crippen molar-refractivity contribution in [2.75, 3.05) is 12.0 Å². The predicted molar refractivity (Wildman–Crippen MR) is 63.1 cm³/mol. The summed E-state index contributed by atoms with van der Waals surface area (Å²) in [6, 6.07) is 2.06. The van der Waals surface area contributed by atoms with Crippen LogP contribution in [0, 0.1) is 0 Å². The number of anilines is 1. The van der Waals surface area contributed by atoms with E-state index in [2.05, 4.69) is 26.4 Å². The molecule has 0 amide bonds. The Balaban J connectivity index is 2.24. The van der Waals surface area contributed by atoms with E-state index in [0.29, 0.717) is 17.5 Å². The molecule has 0 saturated carbocycles. The average molecular weight is 238 g/mol. The van der Waals surface area contributed by atoms with Crippen LogP contribution in [0.25, 0.3) is 0 Å². The maximum Gasteiger partial charge on any atom is 0.224 e. The van der Waals surface area contributed by atoms with Crippen molar-refractivity contribution < 1.29 is 0 Å². The topological polar surface area (TPSA) is 64.7 Å². The molecule has 0 bridgehead atoms. The van der Waals surface area contributed by atoms with Crippen molar-refractivity contribution in [1.82, 2.24) is 15.0 Å². The first-order chi connectivity index (χ1) is 7.28. The van der Waals surface area contributed by atoms with Gasteiger partial charge in [-0.25, -0.2) is 4.98 Å². The summed E-state index contributed by atoms with van der Waals surface area (Å²) >= 11 is 3.14. The van der Waals surface area contributed by atoms with Gasteiger partial charge >= 0.3 is 0 Å². The van der Waals surface area contributed by atoms with E-state index >= 15 is 0 Å². The molecule has 2 rings (SSSR count). The number of hydrogen-bond acceptors (Lipinski definition) is 6. The van der Waals surface area contributed by atoms with E-state index in [1.807, 2.05) is 11.6 Å². The van der Waals surface area contributed by atoms with Gasteiger partial charge in [-0.3, -0.25) is 0 Å². The summed E-state index contributed by atoms with van der Waals surface area (Å²) < 4.78 is 0. The molecule has 2 N–H and O–H groups in total. The number of thiophene rings is 1. The average Bonchev–Trinajstić information content (AvgIpc) is 2.69. The van der Waals surface area contributed by atoms with E-state index in [-0.39, 0.29) is 0 Å². The minimum absolute atomic E-state index is 0.291. The second kappa shape index (κ2) is 4.59. The van der Waals surface area contributed by atoms with Gasteiger partial charge in [-0.15, -0.1) is 0 Å². The summed E-state index contributed by atoms with van der Waals surface area (Å²) in [7, 11) is 0. The highest BCUT2D eigenvalue weighted by Gasteiger charge is 2.04. The van der Waals surface area contributed by atoms with Gasteiger partial charge in [-0.1, -0.05) is 11.8 Å². The molecule has 6 heteroatoms. The fourth-order valence-corrected chi connectivity index (χ4v) is 2.21. The Labute approximate surface area is 96.0 Å². The van der Waals surface area contributed by atoms with Crippen LogP contribution in [-0.4, -0.2) is 21.2 Å². The van der Waals surface area contributed by atoms with Gasteiger partial charge in [-0.2, -0.15) is 21.3 Å². The van der Waals surface area contributed by atoms with E-state index in [1.165, 1.54) is 17.3 Å². The van der Waals surface area contributed by atoms with Crippen LogP contribution < -0.4 is 5.73 Å². The Hall–Kier alpha value is -1.14. The van der Waals surface area contributed by atoms with Crippen LogP contribution in [0.4, 0.5) is 5.95 Å². The highest BCUT2D eigenvalue weighted by Crippen LogP contribution is 2.13. The summed E-state index contributed by atoms with van der Waals surface area (Å²) in [6.07, 6.45) is 2.63. The third-order valence-electron chi connectivity index (χ3n) is 1.80. The van der Waals surface area contributed by atoms with Crippen LogP contribution >= 0.6 is 23.1 Å². The van der Waals surface area contributed by atoms with Crippen LogP contribution in [0.1, 0.15) is 11.4 Å². The summed E-state index contributed by atoms with van der Waals surface area (Å²) in [5, 5.41) is 4.79. The third-order valence-corrected chi connectivity index (χ3v) is 3.08. The van der Waals surface area contributed by atoms with Crippen LogP contribution in [-0.2, 0) is 6.42 Å². The second-order valence-corrected chi connectivity index (χ2v) is 4.46. The molecule has 78 valence electrons. The fraction of sp³-hybridized carbons (Fsp3) is 0.222. The molecule has 0 aliphatic carbocycles. The van der Waals surface area contributed by atoms with Gasteiger partial charge in [-0.05, 0) is 28.6 Å². The molecule has 0 aliphatic rings. The lowest BCUT2D eigenvalue weighted by Crippen LogP contribution is -2.04. The highest BCUT2D eigenvalue weighted by molar-refractivity contribution is 7.98. The van der Waals surface area contributed by atoms with Crippen LogP contribution in [0.5, 0.6) is 0 Å². The van der Waals surface area contributed by atoms with E-state index in [0.717, 1.165) is 5.82 Å². The summed E-state index contributed by atoms with van der Waals surface area (Å²) in [5.41, 5.74) is 6.80. The predicted octanol–water partition coefficient (Wildman–Crippen LogP) is 1.83. The van der Waals surface area contributed by atoms with Gasteiger partial charge in [0.05, 0.1) is 0 Å². The summed E-state index contributed by atoms with van der Waals surface area (Å²) in [6.45, 7) is 0. The normalized spacial score (nSPS) is 10.5. The Kier molecular flexibility index (Phi) is 3.17. The number of nitrogens with zero attached hydrogens (tertiary/aromatic N) is 3. The Morgan fingerprint density at radius 1 is 1.40 bits per heavy atom. The molecule has 0 unspecified atom stereocenters. The second-order valence-electron chi connectivity index (χ2n) is 2.90. The molecule has 4 nitrogen and oxygen atoms in total. The monoisotopic (exact) mass is 238 g/mol. The first kappa shape index (κ1) is 10.4. The van der Waals surface area contributed by atoms with E-state index in [9.17, 15) is 0 Å². The largest absolute Gasteiger partial charge is 0.368 e. The Morgan fingerprint density at radius 3 is 2.93 bits per heavy atom. The fourth-order valence-electron chi connectivity index (χ4n) is 1.16. The quantitative estimate of drug-likeness (QED) is 0.826. The molecule has 15 heavy (non-hydrogen) atoms. The zero-order valence-corrected chi connectivity index (χ0v) is 9.81. The van der Waals surface area contributed by atoms with Crippen molar-refractivity contribution in [1.29, 1.82) is 0 Å². The van der Waals surface area contributed by atoms with Gasteiger partial charge < -0.3 is 5.73 Å². The zero-order chi connectivity index (χ0) is 10.7. The number of aromatic nitrogens is 3. The molecule has 2 heterocycles. The van der Waals surface area contributed by atoms with Crippen molar-refractivity contribution >= 4 is 29.0 Å².